The van der Waals surface area contributed by atoms with Crippen LogP contribution in [0.25, 0.3) is 11.1 Å². The summed E-state index contributed by atoms with van der Waals surface area (Å²) in [4.78, 5) is 27.3. The maximum atomic E-state index is 11.9. The van der Waals surface area contributed by atoms with E-state index in [1.165, 1.54) is 7.11 Å². The van der Waals surface area contributed by atoms with Crippen molar-refractivity contribution in [1.82, 2.24) is 5.32 Å². The van der Waals surface area contributed by atoms with E-state index in [4.69, 9.17) is 16.2 Å². The SMILES string of the molecule is COC(=O)C[C@@H]1C[C@@H](COc2ccc(-c3ccc(N=C(N)N)cc3)cc2)NC1=O.Cl. The minimum atomic E-state index is -0.381. The molecule has 2 aromatic carbocycles. The number of aliphatic imine (C=N–C) groups is 1. The number of guanidine groups is 1. The summed E-state index contributed by atoms with van der Waals surface area (Å²) < 4.78 is 10.4. The zero-order chi connectivity index (χ0) is 20.8. The Labute approximate surface area is 181 Å². The van der Waals surface area contributed by atoms with Gasteiger partial charge >= 0.3 is 5.97 Å². The fourth-order valence-corrected chi connectivity index (χ4v) is 3.22. The van der Waals surface area contributed by atoms with Gasteiger partial charge in [-0.15, -0.1) is 12.4 Å². The van der Waals surface area contributed by atoms with Gasteiger partial charge in [-0.05, 0) is 41.8 Å². The molecule has 3 rings (SSSR count). The van der Waals surface area contributed by atoms with Crippen LogP contribution in [0.15, 0.2) is 53.5 Å². The third-order valence-electron chi connectivity index (χ3n) is 4.69. The van der Waals surface area contributed by atoms with Crippen LogP contribution in [0.4, 0.5) is 5.69 Å². The second kappa shape index (κ2) is 10.5. The Bertz CT molecular complexity index is 896. The molecule has 0 radical (unpaired) electrons. The molecular weight excluding hydrogens is 408 g/mol. The fraction of sp³-hybridized carbons (Fsp3) is 0.286. The molecule has 1 aliphatic heterocycles. The molecule has 0 aromatic heterocycles. The molecule has 1 fully saturated rings. The number of nitrogens with two attached hydrogens (primary N) is 2. The lowest BCUT2D eigenvalue weighted by Crippen LogP contribution is -2.31. The van der Waals surface area contributed by atoms with Gasteiger partial charge in [-0.2, -0.15) is 0 Å². The Balaban J connectivity index is 0.00000320. The normalized spacial score (nSPS) is 17.4. The number of amides is 1. The highest BCUT2D eigenvalue weighted by molar-refractivity contribution is 5.86. The summed E-state index contributed by atoms with van der Waals surface area (Å²) in [5.41, 5.74) is 13.5. The van der Waals surface area contributed by atoms with Crippen LogP contribution < -0.4 is 21.5 Å². The van der Waals surface area contributed by atoms with Gasteiger partial charge in [-0.3, -0.25) is 9.59 Å². The molecule has 160 valence electrons. The van der Waals surface area contributed by atoms with Crippen LogP contribution >= 0.6 is 12.4 Å². The summed E-state index contributed by atoms with van der Waals surface area (Å²) in [6.07, 6.45) is 0.643. The van der Waals surface area contributed by atoms with Gasteiger partial charge in [0.25, 0.3) is 0 Å². The predicted octanol–water partition coefficient (Wildman–Crippen LogP) is 2.13. The van der Waals surface area contributed by atoms with E-state index < -0.39 is 0 Å². The molecule has 1 saturated heterocycles. The highest BCUT2D eigenvalue weighted by Gasteiger charge is 2.34. The monoisotopic (exact) mass is 432 g/mol. The first kappa shape index (κ1) is 23.0. The van der Waals surface area contributed by atoms with E-state index in [0.717, 1.165) is 11.1 Å². The first-order valence-corrected chi connectivity index (χ1v) is 9.24. The van der Waals surface area contributed by atoms with E-state index in [1.807, 2.05) is 48.5 Å². The molecule has 0 unspecified atom stereocenters. The highest BCUT2D eigenvalue weighted by atomic mass is 35.5. The average Bonchev–Trinajstić information content (AvgIpc) is 3.06. The summed E-state index contributed by atoms with van der Waals surface area (Å²) in [5.74, 6) is -0.150. The summed E-state index contributed by atoms with van der Waals surface area (Å²) in [6, 6.07) is 15.1. The molecule has 1 amide bonds. The van der Waals surface area contributed by atoms with E-state index >= 15 is 0 Å². The van der Waals surface area contributed by atoms with Crippen molar-refractivity contribution in [3.8, 4) is 16.9 Å². The molecule has 5 N–H and O–H groups in total. The number of nitrogens with zero attached hydrogens (tertiary/aromatic N) is 1. The molecule has 2 atom stereocenters. The van der Waals surface area contributed by atoms with Crippen LogP contribution in [-0.4, -0.2) is 37.6 Å². The van der Waals surface area contributed by atoms with Crippen molar-refractivity contribution in [2.45, 2.75) is 18.9 Å². The van der Waals surface area contributed by atoms with E-state index in [0.29, 0.717) is 24.5 Å². The number of benzene rings is 2. The molecule has 9 heteroatoms. The molecule has 2 aromatic rings. The second-order valence-electron chi connectivity index (χ2n) is 6.84. The molecule has 30 heavy (non-hydrogen) atoms. The lowest BCUT2D eigenvalue weighted by atomic mass is 10.0. The minimum Gasteiger partial charge on any atom is -0.491 e. The molecule has 8 nitrogen and oxygen atoms in total. The topological polar surface area (TPSA) is 129 Å². The number of carbonyl (C=O) groups is 2. The summed E-state index contributed by atoms with van der Waals surface area (Å²) in [6.45, 7) is 0.343. The van der Waals surface area contributed by atoms with Crippen LogP contribution in [0, 0.1) is 5.92 Å². The zero-order valence-electron chi connectivity index (χ0n) is 16.5. The van der Waals surface area contributed by atoms with Gasteiger partial charge in [0.15, 0.2) is 5.96 Å². The maximum Gasteiger partial charge on any atom is 0.306 e. The molecule has 1 heterocycles. The van der Waals surface area contributed by atoms with Crippen molar-refractivity contribution in [1.29, 1.82) is 0 Å². The van der Waals surface area contributed by atoms with Gasteiger partial charge in [0, 0.05) is 0 Å². The van der Waals surface area contributed by atoms with Gasteiger partial charge in [0.2, 0.25) is 5.91 Å². The standard InChI is InChI=1S/C21H24N4O4.ClH/c1-28-19(26)11-15-10-17(24-20(15)27)12-29-18-8-4-14(5-9-18)13-2-6-16(7-3-13)25-21(22)23;/h2-9,15,17H,10-12H2,1H3,(H,24,27)(H4,22,23,25);1H/t15-,17-;/m0./s1. The van der Waals surface area contributed by atoms with Crippen molar-refractivity contribution < 1.29 is 19.1 Å². The number of halogens is 1. The number of rotatable bonds is 7. The maximum absolute atomic E-state index is 11.9. The van der Waals surface area contributed by atoms with Crippen molar-refractivity contribution in [2.24, 2.45) is 22.4 Å². The Morgan fingerprint density at radius 1 is 1.10 bits per heavy atom. The zero-order valence-corrected chi connectivity index (χ0v) is 17.4. The van der Waals surface area contributed by atoms with E-state index in [2.05, 4.69) is 15.0 Å². The third-order valence-corrected chi connectivity index (χ3v) is 4.69. The van der Waals surface area contributed by atoms with E-state index in [1.54, 1.807) is 0 Å². The van der Waals surface area contributed by atoms with Crippen LogP contribution in [0.1, 0.15) is 12.8 Å². The Morgan fingerprint density at radius 3 is 2.27 bits per heavy atom. The quantitative estimate of drug-likeness (QED) is 0.349. The number of hydrogen-bond donors (Lipinski definition) is 3. The van der Waals surface area contributed by atoms with E-state index in [-0.39, 0.29) is 48.6 Å². The summed E-state index contributed by atoms with van der Waals surface area (Å²) >= 11 is 0. The van der Waals surface area contributed by atoms with Gasteiger partial charge < -0.3 is 26.3 Å². The lowest BCUT2D eigenvalue weighted by Gasteiger charge is -2.12. The van der Waals surface area contributed by atoms with Gasteiger partial charge in [-0.25, -0.2) is 4.99 Å². The van der Waals surface area contributed by atoms with Gasteiger partial charge in [0.05, 0.1) is 31.2 Å². The van der Waals surface area contributed by atoms with E-state index in [9.17, 15) is 9.59 Å². The number of carbonyl (C=O) groups excluding carboxylic acids is 2. The van der Waals surface area contributed by atoms with Crippen LogP contribution in [0.5, 0.6) is 5.75 Å². The van der Waals surface area contributed by atoms with Crippen LogP contribution in [0.3, 0.4) is 0 Å². The van der Waals surface area contributed by atoms with Gasteiger partial charge in [0.1, 0.15) is 12.4 Å². The average molecular weight is 433 g/mol. The van der Waals surface area contributed by atoms with Crippen LogP contribution in [0.2, 0.25) is 0 Å². The molecule has 0 bridgehead atoms. The number of methoxy groups -OCH3 is 1. The first-order valence-electron chi connectivity index (χ1n) is 9.24. The Hall–Kier alpha value is -3.26. The second-order valence-corrected chi connectivity index (χ2v) is 6.84. The van der Waals surface area contributed by atoms with Crippen molar-refractivity contribution in [3.05, 3.63) is 48.5 Å². The molecule has 0 aliphatic carbocycles. The highest BCUT2D eigenvalue weighted by Crippen LogP contribution is 2.25. The van der Waals surface area contributed by atoms with Crippen molar-refractivity contribution in [3.63, 3.8) is 0 Å². The number of esters is 1. The molecule has 0 saturated carbocycles. The molecular formula is C21H25ClN4O4. The number of ether oxygens (including phenoxy) is 2. The minimum absolute atomic E-state index is 0. The molecule has 0 spiro atoms. The third kappa shape index (κ3) is 6.12. The smallest absolute Gasteiger partial charge is 0.306 e. The summed E-state index contributed by atoms with van der Waals surface area (Å²) in [7, 11) is 1.32. The Morgan fingerprint density at radius 2 is 1.70 bits per heavy atom. The predicted molar refractivity (Wildman–Crippen MR) is 117 cm³/mol. The summed E-state index contributed by atoms with van der Waals surface area (Å²) in [5, 5.41) is 2.86. The lowest BCUT2D eigenvalue weighted by molar-refractivity contribution is -0.143. The van der Waals surface area contributed by atoms with Crippen molar-refractivity contribution in [2.75, 3.05) is 13.7 Å². The largest absolute Gasteiger partial charge is 0.491 e. The van der Waals surface area contributed by atoms with Crippen molar-refractivity contribution >= 4 is 35.9 Å². The van der Waals surface area contributed by atoms with Gasteiger partial charge in [-0.1, -0.05) is 24.3 Å². The van der Waals surface area contributed by atoms with Crippen LogP contribution in [-0.2, 0) is 14.3 Å². The first-order chi connectivity index (χ1) is 13.9. The Kier molecular flexibility index (Phi) is 8.06. The molecule has 1 aliphatic rings. The number of nitrogens with one attached hydrogen (secondary N) is 1. The fourth-order valence-electron chi connectivity index (χ4n) is 3.22. The number of hydrogen-bond acceptors (Lipinski definition) is 5.